The Labute approximate surface area is 126 Å². The molecule has 0 amide bonds. The Hall–Kier alpha value is -1.86. The van der Waals surface area contributed by atoms with Crippen molar-refractivity contribution in [2.45, 2.75) is 25.1 Å². The van der Waals surface area contributed by atoms with Crippen molar-refractivity contribution >= 4 is 17.7 Å². The number of aromatic nitrogens is 2. The Bertz CT molecular complexity index is 615. The number of hydrogen-bond donors (Lipinski definition) is 2. The average Bonchev–Trinajstić information content (AvgIpc) is 2.92. The molecule has 1 heterocycles. The van der Waals surface area contributed by atoms with Crippen molar-refractivity contribution in [2.24, 2.45) is 5.73 Å². The molecule has 0 radical (unpaired) electrons. The molecule has 1 atom stereocenters. The standard InChI is InChI=1S/C14H17N3O3S/c1-9-3-2-4-10(7-9)13-16-12(17-20-13)8-21-6-5-11(15)14(18)19/h2-4,7,11H,5-6,8,15H2,1H3,(H,18,19). The molecule has 21 heavy (non-hydrogen) atoms. The van der Waals surface area contributed by atoms with E-state index in [-0.39, 0.29) is 0 Å². The summed E-state index contributed by atoms with van der Waals surface area (Å²) in [5, 5.41) is 12.6. The minimum Gasteiger partial charge on any atom is -0.480 e. The number of aliphatic carboxylic acids is 1. The van der Waals surface area contributed by atoms with Gasteiger partial charge in [-0.1, -0.05) is 22.9 Å². The molecule has 3 N–H and O–H groups in total. The molecule has 0 fully saturated rings. The maximum Gasteiger partial charge on any atom is 0.320 e. The maximum atomic E-state index is 10.6. The number of nitrogens with two attached hydrogens (primary N) is 1. The Morgan fingerprint density at radius 3 is 3.05 bits per heavy atom. The van der Waals surface area contributed by atoms with Gasteiger partial charge in [0.25, 0.3) is 5.89 Å². The van der Waals surface area contributed by atoms with E-state index in [1.54, 1.807) is 0 Å². The second-order valence-corrected chi connectivity index (χ2v) is 5.78. The van der Waals surface area contributed by atoms with Crippen LogP contribution in [0, 0.1) is 6.92 Å². The summed E-state index contributed by atoms with van der Waals surface area (Å²) in [4.78, 5) is 14.9. The maximum absolute atomic E-state index is 10.6. The van der Waals surface area contributed by atoms with Crippen LogP contribution in [0.3, 0.4) is 0 Å². The molecule has 0 saturated carbocycles. The van der Waals surface area contributed by atoms with Crippen molar-refractivity contribution in [3.8, 4) is 11.5 Å². The van der Waals surface area contributed by atoms with Gasteiger partial charge in [0.2, 0.25) is 0 Å². The predicted octanol–water partition coefficient (Wildman–Crippen LogP) is 2.08. The summed E-state index contributed by atoms with van der Waals surface area (Å²) in [6.45, 7) is 2.00. The molecule has 112 valence electrons. The van der Waals surface area contributed by atoms with Gasteiger partial charge in [0.15, 0.2) is 5.82 Å². The highest BCUT2D eigenvalue weighted by atomic mass is 32.2. The number of benzene rings is 1. The van der Waals surface area contributed by atoms with Gasteiger partial charge in [0, 0.05) is 5.56 Å². The number of carboxylic acids is 1. The van der Waals surface area contributed by atoms with Crippen LogP contribution in [0.15, 0.2) is 28.8 Å². The SMILES string of the molecule is Cc1cccc(-c2nc(CSCCC(N)C(=O)O)no2)c1. The zero-order valence-electron chi connectivity index (χ0n) is 11.7. The summed E-state index contributed by atoms with van der Waals surface area (Å²) in [6, 6.07) is 7.03. The van der Waals surface area contributed by atoms with E-state index in [1.165, 1.54) is 11.8 Å². The molecule has 0 bridgehead atoms. The van der Waals surface area contributed by atoms with E-state index in [0.717, 1.165) is 11.1 Å². The van der Waals surface area contributed by atoms with Crippen LogP contribution >= 0.6 is 11.8 Å². The highest BCUT2D eigenvalue weighted by Gasteiger charge is 2.12. The van der Waals surface area contributed by atoms with Gasteiger partial charge in [-0.15, -0.1) is 0 Å². The fourth-order valence-corrected chi connectivity index (χ4v) is 2.57. The molecular weight excluding hydrogens is 290 g/mol. The van der Waals surface area contributed by atoms with Crippen LogP contribution in [0.2, 0.25) is 0 Å². The molecule has 1 aromatic carbocycles. The number of nitrogens with zero attached hydrogens (tertiary/aromatic N) is 2. The Balaban J connectivity index is 1.85. The summed E-state index contributed by atoms with van der Waals surface area (Å²) in [7, 11) is 0. The largest absolute Gasteiger partial charge is 0.480 e. The van der Waals surface area contributed by atoms with E-state index < -0.39 is 12.0 Å². The molecular formula is C14H17N3O3S. The summed E-state index contributed by atoms with van der Waals surface area (Å²) in [5.74, 6) is 1.33. The lowest BCUT2D eigenvalue weighted by Gasteiger charge is -2.04. The molecule has 0 spiro atoms. The zero-order chi connectivity index (χ0) is 15.2. The highest BCUT2D eigenvalue weighted by Crippen LogP contribution is 2.20. The first-order chi connectivity index (χ1) is 10.1. The monoisotopic (exact) mass is 307 g/mol. The third-order valence-electron chi connectivity index (χ3n) is 2.85. The number of rotatable bonds is 7. The number of thioether (sulfide) groups is 1. The molecule has 0 aliphatic carbocycles. The van der Waals surface area contributed by atoms with Gasteiger partial charge < -0.3 is 15.4 Å². The van der Waals surface area contributed by atoms with E-state index in [2.05, 4.69) is 10.1 Å². The molecule has 7 heteroatoms. The molecule has 6 nitrogen and oxygen atoms in total. The van der Waals surface area contributed by atoms with Gasteiger partial charge in [-0.2, -0.15) is 16.7 Å². The summed E-state index contributed by atoms with van der Waals surface area (Å²) in [5.41, 5.74) is 7.45. The second kappa shape index (κ2) is 7.24. The van der Waals surface area contributed by atoms with Crippen molar-refractivity contribution in [1.82, 2.24) is 10.1 Å². The quantitative estimate of drug-likeness (QED) is 0.755. The molecule has 0 saturated heterocycles. The lowest BCUT2D eigenvalue weighted by molar-refractivity contribution is -0.138. The van der Waals surface area contributed by atoms with Crippen LogP contribution in [0.5, 0.6) is 0 Å². The van der Waals surface area contributed by atoms with E-state index in [9.17, 15) is 4.79 Å². The second-order valence-electron chi connectivity index (χ2n) is 4.67. The van der Waals surface area contributed by atoms with Crippen molar-refractivity contribution in [1.29, 1.82) is 0 Å². The van der Waals surface area contributed by atoms with Gasteiger partial charge >= 0.3 is 5.97 Å². The van der Waals surface area contributed by atoms with Gasteiger partial charge in [0.05, 0.1) is 5.75 Å². The molecule has 0 aliphatic heterocycles. The first-order valence-electron chi connectivity index (χ1n) is 6.52. The van der Waals surface area contributed by atoms with Crippen LogP contribution < -0.4 is 5.73 Å². The van der Waals surface area contributed by atoms with Crippen LogP contribution in [0.25, 0.3) is 11.5 Å². The Kier molecular flexibility index (Phi) is 5.35. The van der Waals surface area contributed by atoms with E-state index >= 15 is 0 Å². The average molecular weight is 307 g/mol. The fourth-order valence-electron chi connectivity index (χ4n) is 1.71. The van der Waals surface area contributed by atoms with Crippen LogP contribution in [-0.4, -0.2) is 33.0 Å². The van der Waals surface area contributed by atoms with Crippen LogP contribution in [0.1, 0.15) is 17.8 Å². The fraction of sp³-hybridized carbons (Fsp3) is 0.357. The Morgan fingerprint density at radius 1 is 1.52 bits per heavy atom. The minimum absolute atomic E-state index is 0.419. The normalized spacial score (nSPS) is 12.3. The zero-order valence-corrected chi connectivity index (χ0v) is 12.5. The number of hydrogen-bond acceptors (Lipinski definition) is 6. The number of carboxylic acid groups (broad SMARTS) is 1. The van der Waals surface area contributed by atoms with Crippen molar-refractivity contribution in [3.05, 3.63) is 35.7 Å². The van der Waals surface area contributed by atoms with E-state index in [0.29, 0.717) is 29.6 Å². The van der Waals surface area contributed by atoms with Crippen molar-refractivity contribution < 1.29 is 14.4 Å². The van der Waals surface area contributed by atoms with Crippen molar-refractivity contribution in [3.63, 3.8) is 0 Å². The molecule has 2 aromatic rings. The molecule has 1 aromatic heterocycles. The lowest BCUT2D eigenvalue weighted by atomic mass is 10.1. The lowest BCUT2D eigenvalue weighted by Crippen LogP contribution is -2.30. The molecule has 0 aliphatic rings. The van der Waals surface area contributed by atoms with Gasteiger partial charge in [-0.25, -0.2) is 0 Å². The Morgan fingerprint density at radius 2 is 2.33 bits per heavy atom. The molecule has 2 rings (SSSR count). The predicted molar refractivity (Wildman–Crippen MR) is 80.9 cm³/mol. The van der Waals surface area contributed by atoms with Crippen LogP contribution in [-0.2, 0) is 10.5 Å². The first kappa shape index (κ1) is 15.5. The number of aryl methyl sites for hydroxylation is 1. The van der Waals surface area contributed by atoms with Gasteiger partial charge in [0.1, 0.15) is 6.04 Å². The number of carbonyl (C=O) groups is 1. The van der Waals surface area contributed by atoms with Gasteiger partial charge in [-0.3, -0.25) is 4.79 Å². The minimum atomic E-state index is -0.975. The summed E-state index contributed by atoms with van der Waals surface area (Å²) in [6.07, 6.45) is 0.419. The smallest absolute Gasteiger partial charge is 0.320 e. The van der Waals surface area contributed by atoms with Crippen LogP contribution in [0.4, 0.5) is 0 Å². The summed E-state index contributed by atoms with van der Waals surface area (Å²) >= 11 is 1.54. The summed E-state index contributed by atoms with van der Waals surface area (Å²) < 4.78 is 5.23. The van der Waals surface area contributed by atoms with Crippen molar-refractivity contribution in [2.75, 3.05) is 5.75 Å². The molecule has 1 unspecified atom stereocenters. The third kappa shape index (κ3) is 4.57. The third-order valence-corrected chi connectivity index (χ3v) is 3.84. The van der Waals surface area contributed by atoms with Gasteiger partial charge in [-0.05, 0) is 31.2 Å². The highest BCUT2D eigenvalue weighted by molar-refractivity contribution is 7.98. The van der Waals surface area contributed by atoms with E-state index in [4.69, 9.17) is 15.4 Å². The first-order valence-corrected chi connectivity index (χ1v) is 7.67. The van der Waals surface area contributed by atoms with E-state index in [1.807, 2.05) is 31.2 Å². The topological polar surface area (TPSA) is 102 Å².